The molecule has 1 N–H and O–H groups in total. The van der Waals surface area contributed by atoms with Crippen molar-refractivity contribution in [1.29, 1.82) is 0 Å². The Balaban J connectivity index is 2.02. The summed E-state index contributed by atoms with van der Waals surface area (Å²) in [6.45, 7) is 3.32. The van der Waals surface area contributed by atoms with Crippen molar-refractivity contribution >= 4 is 41.1 Å². The van der Waals surface area contributed by atoms with Gasteiger partial charge in [0.25, 0.3) is 5.91 Å². The fourth-order valence-corrected chi connectivity index (χ4v) is 3.64. The summed E-state index contributed by atoms with van der Waals surface area (Å²) in [5.41, 5.74) is -0.444. The van der Waals surface area contributed by atoms with E-state index in [-0.39, 0.29) is 12.5 Å². The van der Waals surface area contributed by atoms with E-state index in [4.69, 9.17) is 27.9 Å². The molecule has 1 heterocycles. The number of urea groups is 1. The highest BCUT2D eigenvalue weighted by Gasteiger charge is 2.50. The largest absolute Gasteiger partial charge is 0.459 e. The summed E-state index contributed by atoms with van der Waals surface area (Å²) in [6, 6.07) is 4.39. The van der Waals surface area contributed by atoms with Crippen LogP contribution in [0.4, 0.5) is 4.79 Å². The molecule has 6 nitrogen and oxygen atoms in total. The van der Waals surface area contributed by atoms with Crippen molar-refractivity contribution in [3.05, 3.63) is 33.8 Å². The summed E-state index contributed by atoms with van der Waals surface area (Å²) in [5, 5.41) is 3.51. The van der Waals surface area contributed by atoms with Gasteiger partial charge in [-0.15, -0.1) is 0 Å². The van der Waals surface area contributed by atoms with Gasteiger partial charge >= 0.3 is 12.0 Å². The average Bonchev–Trinajstić information content (AvgIpc) is 2.79. The molecule has 1 aliphatic rings. The van der Waals surface area contributed by atoms with Crippen molar-refractivity contribution in [2.24, 2.45) is 0 Å². The number of hydrogen-bond donors (Lipinski definition) is 1. The van der Waals surface area contributed by atoms with Crippen LogP contribution in [0.5, 0.6) is 0 Å². The smallest absolute Gasteiger partial charge is 0.326 e. The second-order valence-corrected chi connectivity index (χ2v) is 7.08. The Bertz CT molecular complexity index is 682. The Kier molecular flexibility index (Phi) is 6.89. The molecule has 8 heteroatoms. The lowest BCUT2D eigenvalue weighted by molar-refractivity contribution is -0.149. The van der Waals surface area contributed by atoms with Crippen LogP contribution in [0.15, 0.2) is 18.2 Å². The van der Waals surface area contributed by atoms with E-state index in [1.165, 1.54) is 0 Å². The van der Waals surface area contributed by atoms with E-state index >= 15 is 0 Å². The normalized spacial score (nSPS) is 15.9. The Morgan fingerprint density at radius 2 is 1.73 bits per heavy atom. The van der Waals surface area contributed by atoms with Crippen LogP contribution in [0.2, 0.25) is 10.0 Å². The second-order valence-electron chi connectivity index (χ2n) is 6.26. The van der Waals surface area contributed by atoms with E-state index in [0.29, 0.717) is 28.5 Å². The van der Waals surface area contributed by atoms with Crippen LogP contribution in [-0.4, -0.2) is 34.9 Å². The van der Waals surface area contributed by atoms with Gasteiger partial charge in [-0.2, -0.15) is 0 Å². The molecule has 1 aromatic rings. The van der Waals surface area contributed by atoms with Crippen LogP contribution in [0.25, 0.3) is 0 Å². The molecule has 0 aromatic heterocycles. The summed E-state index contributed by atoms with van der Waals surface area (Å²) in [4.78, 5) is 38.0. The fraction of sp³-hybridized carbons (Fsp3) is 0.500. The summed E-state index contributed by atoms with van der Waals surface area (Å²) >= 11 is 12.1. The number of halogens is 2. The Labute approximate surface area is 162 Å². The van der Waals surface area contributed by atoms with Crippen molar-refractivity contribution in [2.75, 3.05) is 6.54 Å². The predicted octanol–water partition coefficient (Wildman–Crippen LogP) is 3.93. The number of benzene rings is 1. The van der Waals surface area contributed by atoms with Crippen molar-refractivity contribution in [3.8, 4) is 0 Å². The van der Waals surface area contributed by atoms with E-state index in [9.17, 15) is 14.4 Å². The van der Waals surface area contributed by atoms with Crippen LogP contribution in [0, 0.1) is 0 Å². The molecule has 1 saturated heterocycles. The maximum absolute atomic E-state index is 12.7. The highest BCUT2D eigenvalue weighted by molar-refractivity contribution is 6.35. The lowest BCUT2D eigenvalue weighted by Gasteiger charge is -2.25. The number of imide groups is 1. The molecule has 0 bridgehead atoms. The quantitative estimate of drug-likeness (QED) is 0.529. The zero-order chi connectivity index (χ0) is 19.3. The molecule has 0 spiro atoms. The maximum atomic E-state index is 12.7. The van der Waals surface area contributed by atoms with E-state index < -0.39 is 24.1 Å². The van der Waals surface area contributed by atoms with Crippen molar-refractivity contribution in [3.63, 3.8) is 0 Å². The van der Waals surface area contributed by atoms with Gasteiger partial charge in [0.2, 0.25) is 0 Å². The number of carbonyl (C=O) groups excluding carboxylic acids is 3. The Morgan fingerprint density at radius 3 is 2.27 bits per heavy atom. The molecule has 0 atom stereocenters. The molecular weight excluding hydrogens is 379 g/mol. The minimum atomic E-state index is -0.924. The zero-order valence-electron chi connectivity index (χ0n) is 14.8. The molecule has 142 valence electrons. The van der Waals surface area contributed by atoms with Crippen molar-refractivity contribution in [2.45, 2.75) is 51.7 Å². The molecule has 1 aromatic carbocycles. The number of nitrogens with one attached hydrogen (secondary N) is 1. The first-order valence-electron chi connectivity index (χ1n) is 8.57. The summed E-state index contributed by atoms with van der Waals surface area (Å²) in [7, 11) is 0. The maximum Gasteiger partial charge on any atom is 0.326 e. The van der Waals surface area contributed by atoms with Crippen LogP contribution >= 0.6 is 23.2 Å². The van der Waals surface area contributed by atoms with Crippen LogP contribution in [0.3, 0.4) is 0 Å². The van der Waals surface area contributed by atoms with Gasteiger partial charge in [0.15, 0.2) is 0 Å². The Morgan fingerprint density at radius 1 is 1.15 bits per heavy atom. The van der Waals surface area contributed by atoms with E-state index in [1.807, 2.05) is 13.8 Å². The molecule has 3 amide bonds. The van der Waals surface area contributed by atoms with Gasteiger partial charge in [-0.25, -0.2) is 4.79 Å². The van der Waals surface area contributed by atoms with E-state index in [0.717, 1.165) is 17.7 Å². The van der Waals surface area contributed by atoms with Gasteiger partial charge < -0.3 is 10.1 Å². The number of hydrogen-bond acceptors (Lipinski definition) is 4. The van der Waals surface area contributed by atoms with Gasteiger partial charge in [0, 0.05) is 15.6 Å². The number of amides is 3. The third-order valence-corrected chi connectivity index (χ3v) is 5.03. The van der Waals surface area contributed by atoms with Crippen LogP contribution in [0.1, 0.15) is 45.1 Å². The van der Waals surface area contributed by atoms with Gasteiger partial charge in [0.05, 0.1) is 0 Å². The average molecular weight is 401 g/mol. The first-order chi connectivity index (χ1) is 12.3. The minimum absolute atomic E-state index is 0.129. The molecule has 26 heavy (non-hydrogen) atoms. The Hall–Kier alpha value is -1.79. The van der Waals surface area contributed by atoms with Gasteiger partial charge in [-0.05, 0) is 25.0 Å². The molecule has 1 fully saturated rings. The van der Waals surface area contributed by atoms with Gasteiger partial charge in [-0.3, -0.25) is 14.5 Å². The predicted molar refractivity (Wildman–Crippen MR) is 99.0 cm³/mol. The molecule has 1 aliphatic heterocycles. The molecule has 0 aliphatic carbocycles. The lowest BCUT2D eigenvalue weighted by atomic mass is 9.88. The van der Waals surface area contributed by atoms with E-state index in [1.54, 1.807) is 18.2 Å². The summed E-state index contributed by atoms with van der Waals surface area (Å²) < 4.78 is 5.15. The standard InChI is InChI=1S/C18H22Cl2N2O4/c1-3-8-18(9-4-2)16(24)22(17(25)21-18)10-15(23)26-11-12-13(19)6-5-7-14(12)20/h5-7H,3-4,8-11H2,1-2H3,(H,21,25). The van der Waals surface area contributed by atoms with Crippen LogP contribution in [-0.2, 0) is 20.9 Å². The molecule has 0 unspecified atom stereocenters. The topological polar surface area (TPSA) is 75.7 Å². The zero-order valence-corrected chi connectivity index (χ0v) is 16.3. The summed E-state index contributed by atoms with van der Waals surface area (Å²) in [6.07, 6.45) is 2.56. The molecule has 0 radical (unpaired) electrons. The first kappa shape index (κ1) is 20.5. The fourth-order valence-electron chi connectivity index (χ4n) is 3.13. The highest BCUT2D eigenvalue weighted by atomic mass is 35.5. The minimum Gasteiger partial charge on any atom is -0.459 e. The first-order valence-corrected chi connectivity index (χ1v) is 9.32. The lowest BCUT2D eigenvalue weighted by Crippen LogP contribution is -2.47. The molecule has 2 rings (SSSR count). The van der Waals surface area contributed by atoms with Crippen molar-refractivity contribution in [1.82, 2.24) is 10.2 Å². The van der Waals surface area contributed by atoms with Crippen LogP contribution < -0.4 is 5.32 Å². The highest BCUT2D eigenvalue weighted by Crippen LogP contribution is 2.28. The number of rotatable bonds is 8. The second kappa shape index (κ2) is 8.73. The third kappa shape index (κ3) is 4.30. The van der Waals surface area contributed by atoms with Gasteiger partial charge in [0.1, 0.15) is 18.7 Å². The van der Waals surface area contributed by atoms with E-state index in [2.05, 4.69) is 5.32 Å². The molecular formula is C18H22Cl2N2O4. The monoisotopic (exact) mass is 400 g/mol. The number of ether oxygens (including phenoxy) is 1. The molecule has 0 saturated carbocycles. The summed E-state index contributed by atoms with van der Waals surface area (Å²) in [5.74, 6) is -1.08. The number of carbonyl (C=O) groups is 3. The van der Waals surface area contributed by atoms with Crippen molar-refractivity contribution < 1.29 is 19.1 Å². The third-order valence-electron chi connectivity index (χ3n) is 4.33. The number of nitrogens with zero attached hydrogens (tertiary/aromatic N) is 1. The number of esters is 1. The van der Waals surface area contributed by atoms with Gasteiger partial charge in [-0.1, -0.05) is 56.0 Å². The SMILES string of the molecule is CCCC1(CCC)NC(=O)N(CC(=O)OCc2c(Cl)cccc2Cl)C1=O.